The number of nitriles is 1. The lowest BCUT2D eigenvalue weighted by molar-refractivity contribution is 0.534. The Morgan fingerprint density at radius 2 is 1.73 bits per heavy atom. The summed E-state index contributed by atoms with van der Waals surface area (Å²) in [5.41, 5.74) is 0.326. The van der Waals surface area contributed by atoms with Crippen LogP contribution in [-0.4, -0.2) is 6.04 Å². The van der Waals surface area contributed by atoms with Gasteiger partial charge in [-0.15, -0.1) is 0 Å². The van der Waals surface area contributed by atoms with Crippen LogP contribution < -0.4 is 5.09 Å². The summed E-state index contributed by atoms with van der Waals surface area (Å²) in [6, 6.07) is 2.42. The molecular formula is C22H42FN2P. The van der Waals surface area contributed by atoms with Gasteiger partial charge in [-0.05, 0) is 31.4 Å². The molecule has 0 aliphatic heterocycles. The molecule has 2 nitrogen and oxygen atoms in total. The maximum absolute atomic E-state index is 13.1. The predicted molar refractivity (Wildman–Crippen MR) is 122 cm³/mol. The molecule has 26 heavy (non-hydrogen) atoms. The zero-order chi connectivity index (χ0) is 21.4. The number of hydrogen-bond donors (Lipinski definition) is 1. The standard InChI is InChI=1S/C10H10FN.C7H18NP.C3H8.C2H6/c1-4-6-8(3)10(11)9(5-2)7-12;1-3-5-6-7(4-2)8-9;1-3-2;1-2/h4-6H,1-2H2,3H3;7-8H,3-6,9H2,1-2H3;3H2,1-2H3;1-2H3/b8-6-,10-9-;;;. The summed E-state index contributed by atoms with van der Waals surface area (Å²) in [5, 5.41) is 11.6. The van der Waals surface area contributed by atoms with Crippen molar-refractivity contribution < 1.29 is 4.39 Å². The Labute approximate surface area is 165 Å². The molecule has 0 aromatic carbocycles. The van der Waals surface area contributed by atoms with E-state index in [1.165, 1.54) is 50.3 Å². The molecular weight excluding hydrogens is 342 g/mol. The zero-order valence-corrected chi connectivity index (χ0v) is 19.3. The quantitative estimate of drug-likeness (QED) is 0.263. The zero-order valence-electron chi connectivity index (χ0n) is 18.2. The maximum Gasteiger partial charge on any atom is 0.143 e. The van der Waals surface area contributed by atoms with Gasteiger partial charge in [0.1, 0.15) is 11.9 Å². The first-order chi connectivity index (χ1) is 12.4. The normalized spacial score (nSPS) is 11.6. The topological polar surface area (TPSA) is 35.8 Å². The SMILES string of the molecule is C=C/C=C(C)\C(F)=C(\C#N)C=C.CC.CCC.CCCCC(CC)NP. The van der Waals surface area contributed by atoms with Crippen molar-refractivity contribution in [3.05, 3.63) is 48.4 Å². The Morgan fingerprint density at radius 3 is 2.00 bits per heavy atom. The third-order valence-electron chi connectivity index (χ3n) is 2.91. The Kier molecular flexibility index (Phi) is 35.6. The molecule has 0 saturated heterocycles. The molecule has 152 valence electrons. The maximum atomic E-state index is 13.1. The molecule has 0 aliphatic carbocycles. The van der Waals surface area contributed by atoms with Crippen molar-refractivity contribution in [2.24, 2.45) is 0 Å². The fourth-order valence-electron chi connectivity index (χ4n) is 1.50. The molecule has 0 saturated carbocycles. The first-order valence-corrected chi connectivity index (χ1v) is 10.2. The van der Waals surface area contributed by atoms with Gasteiger partial charge in [0.25, 0.3) is 0 Å². The molecule has 0 bridgehead atoms. The summed E-state index contributed by atoms with van der Waals surface area (Å²) in [7, 11) is 2.58. The number of rotatable bonds is 8. The van der Waals surface area contributed by atoms with Crippen LogP contribution in [0.2, 0.25) is 0 Å². The second-order valence-electron chi connectivity index (χ2n) is 5.25. The summed E-state index contributed by atoms with van der Waals surface area (Å²) in [4.78, 5) is 0. The van der Waals surface area contributed by atoms with Crippen LogP contribution >= 0.6 is 9.39 Å². The summed E-state index contributed by atoms with van der Waals surface area (Å²) in [5.74, 6) is -0.549. The third kappa shape index (κ3) is 22.8. The molecule has 0 spiro atoms. The summed E-state index contributed by atoms with van der Waals surface area (Å²) in [6.45, 7) is 21.0. The van der Waals surface area contributed by atoms with Crippen LogP contribution in [0, 0.1) is 11.3 Å². The molecule has 0 heterocycles. The van der Waals surface area contributed by atoms with Crippen LogP contribution in [0.1, 0.15) is 80.6 Å². The summed E-state index contributed by atoms with van der Waals surface area (Å²) < 4.78 is 13.1. The van der Waals surface area contributed by atoms with E-state index in [9.17, 15) is 4.39 Å². The van der Waals surface area contributed by atoms with Gasteiger partial charge >= 0.3 is 0 Å². The summed E-state index contributed by atoms with van der Waals surface area (Å²) in [6.07, 6.45) is 10.6. The van der Waals surface area contributed by atoms with E-state index < -0.39 is 5.83 Å². The van der Waals surface area contributed by atoms with E-state index in [0.717, 1.165) is 6.04 Å². The molecule has 2 atom stereocenters. The van der Waals surface area contributed by atoms with E-state index in [4.69, 9.17) is 5.26 Å². The minimum Gasteiger partial charge on any atom is -0.298 e. The fraction of sp³-hybridized carbons (Fsp3) is 0.591. The van der Waals surface area contributed by atoms with E-state index in [1.807, 2.05) is 13.8 Å². The summed E-state index contributed by atoms with van der Waals surface area (Å²) >= 11 is 0. The molecule has 0 aromatic heterocycles. The Hall–Kier alpha value is -1.23. The largest absolute Gasteiger partial charge is 0.298 e. The van der Waals surface area contributed by atoms with Gasteiger partial charge in [-0.3, -0.25) is 5.09 Å². The predicted octanol–water partition coefficient (Wildman–Crippen LogP) is 7.83. The van der Waals surface area contributed by atoms with Crippen molar-refractivity contribution >= 4 is 9.39 Å². The highest BCUT2D eigenvalue weighted by molar-refractivity contribution is 7.13. The number of halogens is 1. The molecule has 0 radical (unpaired) electrons. The first-order valence-electron chi connectivity index (χ1n) is 9.61. The number of nitrogens with one attached hydrogen (secondary N) is 1. The molecule has 0 aliphatic rings. The van der Waals surface area contributed by atoms with Gasteiger partial charge in [0.15, 0.2) is 0 Å². The van der Waals surface area contributed by atoms with Crippen molar-refractivity contribution in [1.29, 1.82) is 5.26 Å². The van der Waals surface area contributed by atoms with Crippen LogP contribution in [0.4, 0.5) is 4.39 Å². The van der Waals surface area contributed by atoms with Crippen molar-refractivity contribution in [3.8, 4) is 6.07 Å². The van der Waals surface area contributed by atoms with Crippen LogP contribution in [0.5, 0.6) is 0 Å². The van der Waals surface area contributed by atoms with E-state index in [2.05, 4.69) is 55.3 Å². The van der Waals surface area contributed by atoms with Gasteiger partial charge in [-0.25, -0.2) is 4.39 Å². The minimum atomic E-state index is -0.549. The molecule has 2 unspecified atom stereocenters. The Morgan fingerprint density at radius 1 is 1.23 bits per heavy atom. The average molecular weight is 385 g/mol. The number of hydrogen-bond acceptors (Lipinski definition) is 2. The lowest BCUT2D eigenvalue weighted by atomic mass is 10.1. The van der Waals surface area contributed by atoms with Gasteiger partial charge in [-0.2, -0.15) is 5.26 Å². The van der Waals surface area contributed by atoms with Crippen LogP contribution in [0.25, 0.3) is 0 Å². The Balaban J connectivity index is -0.000000152. The van der Waals surface area contributed by atoms with Gasteiger partial charge < -0.3 is 0 Å². The molecule has 4 heteroatoms. The van der Waals surface area contributed by atoms with Gasteiger partial charge in [0.2, 0.25) is 0 Å². The highest BCUT2D eigenvalue weighted by Crippen LogP contribution is 2.16. The van der Waals surface area contributed by atoms with Gasteiger partial charge in [0.05, 0.1) is 5.57 Å². The third-order valence-corrected chi connectivity index (χ3v) is 3.38. The Bertz CT molecular complexity index is 416. The molecule has 0 aromatic rings. The number of unbranched alkanes of at least 4 members (excludes halogenated alkanes) is 1. The van der Waals surface area contributed by atoms with Crippen molar-refractivity contribution in [2.75, 3.05) is 0 Å². The highest BCUT2D eigenvalue weighted by Gasteiger charge is 2.03. The van der Waals surface area contributed by atoms with Gasteiger partial charge in [-0.1, -0.05) is 95.5 Å². The van der Waals surface area contributed by atoms with E-state index >= 15 is 0 Å². The van der Waals surface area contributed by atoms with E-state index in [1.54, 1.807) is 13.0 Å². The molecule has 0 rings (SSSR count). The molecule has 0 amide bonds. The first kappa shape index (κ1) is 32.4. The van der Waals surface area contributed by atoms with Crippen LogP contribution in [0.3, 0.4) is 0 Å². The van der Waals surface area contributed by atoms with Crippen molar-refractivity contribution in [2.45, 2.75) is 86.6 Å². The highest BCUT2D eigenvalue weighted by atomic mass is 31.0. The van der Waals surface area contributed by atoms with Crippen LogP contribution in [-0.2, 0) is 0 Å². The smallest absolute Gasteiger partial charge is 0.143 e. The second kappa shape index (κ2) is 28.6. The number of allylic oxidation sites excluding steroid dienone is 6. The molecule has 0 fully saturated rings. The van der Waals surface area contributed by atoms with E-state index in [0.29, 0.717) is 5.57 Å². The lowest BCUT2D eigenvalue weighted by Gasteiger charge is -2.11. The van der Waals surface area contributed by atoms with Gasteiger partial charge in [0, 0.05) is 6.04 Å². The van der Waals surface area contributed by atoms with Crippen molar-refractivity contribution in [3.63, 3.8) is 0 Å². The monoisotopic (exact) mass is 384 g/mol. The minimum absolute atomic E-state index is 0.0504. The fourth-order valence-corrected chi connectivity index (χ4v) is 1.90. The second-order valence-corrected chi connectivity index (χ2v) is 5.58. The number of nitrogens with zero attached hydrogens (tertiary/aromatic N) is 1. The van der Waals surface area contributed by atoms with Crippen LogP contribution in [0.15, 0.2) is 48.4 Å². The molecule has 1 N–H and O–H groups in total. The van der Waals surface area contributed by atoms with Crippen molar-refractivity contribution in [1.82, 2.24) is 5.09 Å². The van der Waals surface area contributed by atoms with E-state index in [-0.39, 0.29) is 5.57 Å². The average Bonchev–Trinajstić information content (AvgIpc) is 2.66. The lowest BCUT2D eigenvalue weighted by Crippen LogP contribution is -2.18.